The highest BCUT2D eigenvalue weighted by atomic mass is 16.3. The molecule has 15 heavy (non-hydrogen) atoms. The summed E-state index contributed by atoms with van der Waals surface area (Å²) in [7, 11) is 0. The fourth-order valence-electron chi connectivity index (χ4n) is 2.45. The molecular formula is C13H19NO. The molecule has 0 fully saturated rings. The van der Waals surface area contributed by atoms with Crippen molar-refractivity contribution in [3.05, 3.63) is 28.8 Å². The molecule has 0 radical (unpaired) electrons. The van der Waals surface area contributed by atoms with Crippen molar-refractivity contribution < 1.29 is 5.11 Å². The zero-order valence-corrected chi connectivity index (χ0v) is 9.51. The lowest BCUT2D eigenvalue weighted by Gasteiger charge is -2.27. The molecule has 0 amide bonds. The first-order valence-corrected chi connectivity index (χ1v) is 5.63. The van der Waals surface area contributed by atoms with Gasteiger partial charge in [-0.15, -0.1) is 0 Å². The Labute approximate surface area is 91.1 Å². The number of rotatable bonds is 1. The van der Waals surface area contributed by atoms with Crippen LogP contribution in [0.3, 0.4) is 0 Å². The standard InChI is InChI=1S/C13H19NO/c1-13(2,14)11-7-8-12(15)10-6-4-3-5-9(10)11/h7-8,15H,3-6,14H2,1-2H3. The molecule has 1 aliphatic rings. The van der Waals surface area contributed by atoms with Crippen LogP contribution in [0.2, 0.25) is 0 Å². The third-order valence-electron chi connectivity index (χ3n) is 3.20. The Kier molecular flexibility index (Phi) is 2.47. The largest absolute Gasteiger partial charge is 0.508 e. The van der Waals surface area contributed by atoms with Crippen molar-refractivity contribution in [1.82, 2.24) is 0 Å². The van der Waals surface area contributed by atoms with Crippen LogP contribution in [0.1, 0.15) is 43.4 Å². The Morgan fingerprint density at radius 2 is 1.73 bits per heavy atom. The van der Waals surface area contributed by atoms with Crippen molar-refractivity contribution in [2.75, 3.05) is 0 Å². The minimum Gasteiger partial charge on any atom is -0.508 e. The molecule has 0 heterocycles. The number of benzene rings is 1. The van der Waals surface area contributed by atoms with E-state index in [9.17, 15) is 5.11 Å². The average Bonchev–Trinajstić information content (AvgIpc) is 2.17. The molecule has 1 aliphatic carbocycles. The summed E-state index contributed by atoms with van der Waals surface area (Å²) in [6.07, 6.45) is 4.43. The van der Waals surface area contributed by atoms with Crippen molar-refractivity contribution in [1.29, 1.82) is 0 Å². The summed E-state index contributed by atoms with van der Waals surface area (Å²) in [4.78, 5) is 0. The van der Waals surface area contributed by atoms with Gasteiger partial charge in [0.25, 0.3) is 0 Å². The molecule has 0 spiro atoms. The van der Waals surface area contributed by atoms with E-state index in [1.165, 1.54) is 24.0 Å². The van der Waals surface area contributed by atoms with Crippen molar-refractivity contribution in [2.24, 2.45) is 5.73 Å². The second-order valence-corrected chi connectivity index (χ2v) is 5.02. The lowest BCUT2D eigenvalue weighted by Crippen LogP contribution is -2.31. The summed E-state index contributed by atoms with van der Waals surface area (Å²) in [6, 6.07) is 3.76. The minimum absolute atomic E-state index is 0.310. The number of nitrogens with two attached hydrogens (primary N) is 1. The zero-order chi connectivity index (χ0) is 11.1. The van der Waals surface area contributed by atoms with Gasteiger partial charge in [-0.3, -0.25) is 0 Å². The van der Waals surface area contributed by atoms with Gasteiger partial charge in [-0.2, -0.15) is 0 Å². The van der Waals surface area contributed by atoms with Gasteiger partial charge in [0.1, 0.15) is 5.75 Å². The third-order valence-corrected chi connectivity index (χ3v) is 3.20. The van der Waals surface area contributed by atoms with Crippen molar-refractivity contribution in [2.45, 2.75) is 45.1 Å². The highest BCUT2D eigenvalue weighted by Gasteiger charge is 2.23. The molecular weight excluding hydrogens is 186 g/mol. The van der Waals surface area contributed by atoms with Crippen LogP contribution in [0.5, 0.6) is 5.75 Å². The Balaban J connectivity index is 2.58. The van der Waals surface area contributed by atoms with Gasteiger partial charge in [0.05, 0.1) is 0 Å². The van der Waals surface area contributed by atoms with Crippen molar-refractivity contribution in [3.8, 4) is 5.75 Å². The molecule has 2 nitrogen and oxygen atoms in total. The van der Waals surface area contributed by atoms with E-state index in [1.54, 1.807) is 6.07 Å². The monoisotopic (exact) mass is 205 g/mol. The summed E-state index contributed by atoms with van der Waals surface area (Å²) >= 11 is 0. The molecule has 1 aromatic carbocycles. The third kappa shape index (κ3) is 1.86. The number of phenolic OH excluding ortho intramolecular Hbond substituents is 1. The van der Waals surface area contributed by atoms with Crippen LogP contribution in [-0.4, -0.2) is 5.11 Å². The normalized spacial score (nSPS) is 16.2. The van der Waals surface area contributed by atoms with E-state index in [0.717, 1.165) is 18.4 Å². The first kappa shape index (κ1) is 10.5. The molecule has 0 aliphatic heterocycles. The maximum atomic E-state index is 9.81. The molecule has 0 saturated carbocycles. The topological polar surface area (TPSA) is 46.2 Å². The molecule has 0 atom stereocenters. The van der Waals surface area contributed by atoms with Gasteiger partial charge < -0.3 is 10.8 Å². The highest BCUT2D eigenvalue weighted by Crippen LogP contribution is 2.34. The van der Waals surface area contributed by atoms with E-state index in [4.69, 9.17) is 5.73 Å². The van der Waals surface area contributed by atoms with E-state index in [-0.39, 0.29) is 5.54 Å². The number of hydrogen-bond donors (Lipinski definition) is 2. The Morgan fingerprint density at radius 3 is 2.33 bits per heavy atom. The maximum Gasteiger partial charge on any atom is 0.119 e. The van der Waals surface area contributed by atoms with E-state index in [1.807, 2.05) is 19.9 Å². The van der Waals surface area contributed by atoms with E-state index < -0.39 is 0 Å². The van der Waals surface area contributed by atoms with Gasteiger partial charge in [-0.25, -0.2) is 0 Å². The first-order valence-electron chi connectivity index (χ1n) is 5.63. The molecule has 2 heteroatoms. The average molecular weight is 205 g/mol. The fourth-order valence-corrected chi connectivity index (χ4v) is 2.45. The Morgan fingerprint density at radius 1 is 1.13 bits per heavy atom. The van der Waals surface area contributed by atoms with Gasteiger partial charge in [0.15, 0.2) is 0 Å². The van der Waals surface area contributed by atoms with Crippen molar-refractivity contribution in [3.63, 3.8) is 0 Å². The van der Waals surface area contributed by atoms with E-state index >= 15 is 0 Å². The molecule has 1 aromatic rings. The zero-order valence-electron chi connectivity index (χ0n) is 9.51. The van der Waals surface area contributed by atoms with Gasteiger partial charge in [0, 0.05) is 5.54 Å². The van der Waals surface area contributed by atoms with Gasteiger partial charge in [-0.05, 0) is 62.3 Å². The molecule has 0 aromatic heterocycles. The summed E-state index contributed by atoms with van der Waals surface area (Å²) in [5, 5.41) is 9.81. The smallest absolute Gasteiger partial charge is 0.119 e. The summed E-state index contributed by atoms with van der Waals surface area (Å²) in [6.45, 7) is 4.04. The molecule has 82 valence electrons. The number of hydrogen-bond acceptors (Lipinski definition) is 2. The second-order valence-electron chi connectivity index (χ2n) is 5.02. The molecule has 0 bridgehead atoms. The second kappa shape index (κ2) is 3.53. The molecule has 0 unspecified atom stereocenters. The number of fused-ring (bicyclic) bond motifs is 1. The predicted molar refractivity (Wildman–Crippen MR) is 62.0 cm³/mol. The van der Waals surface area contributed by atoms with Crippen LogP contribution in [-0.2, 0) is 18.4 Å². The lowest BCUT2D eigenvalue weighted by molar-refractivity contribution is 0.457. The molecule has 3 N–H and O–H groups in total. The number of phenols is 1. The van der Waals surface area contributed by atoms with Crippen LogP contribution < -0.4 is 5.73 Å². The summed E-state index contributed by atoms with van der Waals surface area (Å²) in [5.41, 5.74) is 9.44. The molecule has 0 saturated heterocycles. The fraction of sp³-hybridized carbons (Fsp3) is 0.538. The summed E-state index contributed by atoms with van der Waals surface area (Å²) < 4.78 is 0. The van der Waals surface area contributed by atoms with Gasteiger partial charge in [-0.1, -0.05) is 6.07 Å². The lowest BCUT2D eigenvalue weighted by atomic mass is 9.81. The highest BCUT2D eigenvalue weighted by molar-refractivity contribution is 5.47. The van der Waals surface area contributed by atoms with Gasteiger partial charge >= 0.3 is 0 Å². The van der Waals surface area contributed by atoms with Crippen LogP contribution in [0.15, 0.2) is 12.1 Å². The van der Waals surface area contributed by atoms with E-state index in [2.05, 4.69) is 0 Å². The van der Waals surface area contributed by atoms with Gasteiger partial charge in [0.2, 0.25) is 0 Å². The number of aromatic hydroxyl groups is 1. The maximum absolute atomic E-state index is 9.81. The predicted octanol–water partition coefficient (Wildman–Crippen LogP) is 2.46. The van der Waals surface area contributed by atoms with Crippen LogP contribution >= 0.6 is 0 Å². The first-order chi connectivity index (χ1) is 7.00. The van der Waals surface area contributed by atoms with Crippen LogP contribution in [0.4, 0.5) is 0 Å². The molecule has 2 rings (SSSR count). The van der Waals surface area contributed by atoms with Crippen molar-refractivity contribution >= 4 is 0 Å². The quantitative estimate of drug-likeness (QED) is 0.739. The Hall–Kier alpha value is -1.02. The van der Waals surface area contributed by atoms with E-state index in [0.29, 0.717) is 5.75 Å². The van der Waals surface area contributed by atoms with Crippen LogP contribution in [0, 0.1) is 0 Å². The minimum atomic E-state index is -0.310. The Bertz CT molecular complexity index is 377. The van der Waals surface area contributed by atoms with Crippen LogP contribution in [0.25, 0.3) is 0 Å². The summed E-state index contributed by atoms with van der Waals surface area (Å²) in [5.74, 6) is 0.442. The SMILES string of the molecule is CC(C)(N)c1ccc(O)c2c1CCCC2.